The monoisotopic (exact) mass is 786 g/mol. The number of hydrogen-bond donors (Lipinski definition) is 5. The lowest BCUT2D eigenvalue weighted by Gasteiger charge is -2.44. The highest BCUT2D eigenvalue weighted by atomic mass is 16.5. The first-order valence-electron chi connectivity index (χ1n) is 21.2. The van der Waals surface area contributed by atoms with E-state index in [1.807, 2.05) is 42.5 Å². The predicted molar refractivity (Wildman–Crippen MR) is 230 cm³/mol. The second-order valence-corrected chi connectivity index (χ2v) is 16.1. The molecule has 10 nitrogen and oxygen atoms in total. The van der Waals surface area contributed by atoms with Crippen LogP contribution in [0.3, 0.4) is 0 Å². The molecular weight excluding hydrogens is 729 g/mol. The average Bonchev–Trinajstić information content (AvgIpc) is 3.45. The van der Waals surface area contributed by atoms with E-state index in [0.29, 0.717) is 53.1 Å². The Morgan fingerprint density at radius 2 is 1.52 bits per heavy atom. The number of aromatic hydroxyl groups is 1. The quantitative estimate of drug-likeness (QED) is 0.0493. The SMILES string of the molecule is O=C(O)N(c1cccc(OCCCCCCCCCNC[C@H](O)c2ccc(O)c3[nH]c(=O)ccc23)c1)C(c1ccccc1)C1CC2CCC(C1)N2Cc1ccccc1. The second-order valence-electron chi connectivity index (χ2n) is 16.1. The number of piperidine rings is 1. The molecule has 2 fully saturated rings. The number of aromatic nitrogens is 1. The summed E-state index contributed by atoms with van der Waals surface area (Å²) in [6.45, 7) is 2.72. The number of anilines is 1. The number of nitrogens with zero attached hydrogens (tertiary/aromatic N) is 2. The molecular formula is C48H58N4O6. The number of carbonyl (C=O) groups is 1. The molecule has 2 saturated heterocycles. The van der Waals surface area contributed by atoms with Crippen LogP contribution in [0.15, 0.2) is 114 Å². The van der Waals surface area contributed by atoms with E-state index in [0.717, 1.165) is 89.3 Å². The zero-order valence-electron chi connectivity index (χ0n) is 33.3. The molecule has 58 heavy (non-hydrogen) atoms. The van der Waals surface area contributed by atoms with Gasteiger partial charge in [0.2, 0.25) is 5.56 Å². The third kappa shape index (κ3) is 10.3. The molecule has 0 radical (unpaired) electrons. The fourth-order valence-electron chi connectivity index (χ4n) is 9.35. The van der Waals surface area contributed by atoms with Crippen LogP contribution >= 0.6 is 0 Å². The Hall–Kier alpha value is -5.16. The third-order valence-corrected chi connectivity index (χ3v) is 12.2. The van der Waals surface area contributed by atoms with Gasteiger partial charge in [0.25, 0.3) is 0 Å². The maximum atomic E-state index is 13.2. The number of benzene rings is 4. The molecule has 3 heterocycles. The van der Waals surface area contributed by atoms with Crippen molar-refractivity contribution in [3.05, 3.63) is 136 Å². The molecule has 0 saturated carbocycles. The van der Waals surface area contributed by atoms with E-state index in [2.05, 4.69) is 57.7 Å². The molecule has 4 aromatic carbocycles. The van der Waals surface area contributed by atoms with Crippen molar-refractivity contribution < 1.29 is 24.9 Å². The Kier molecular flexibility index (Phi) is 14.1. The highest BCUT2D eigenvalue weighted by Crippen LogP contribution is 2.47. The summed E-state index contributed by atoms with van der Waals surface area (Å²) in [5, 5.41) is 35.6. The predicted octanol–water partition coefficient (Wildman–Crippen LogP) is 9.34. The maximum absolute atomic E-state index is 13.2. The Bertz CT molecular complexity index is 2110. The lowest BCUT2D eigenvalue weighted by molar-refractivity contribution is 0.0839. The minimum absolute atomic E-state index is 0.0147. The molecule has 3 unspecified atom stereocenters. The summed E-state index contributed by atoms with van der Waals surface area (Å²) in [5.41, 5.74) is 3.72. The van der Waals surface area contributed by atoms with Crippen molar-refractivity contribution in [2.45, 2.75) is 101 Å². The Morgan fingerprint density at radius 1 is 0.828 bits per heavy atom. The third-order valence-electron chi connectivity index (χ3n) is 12.2. The number of phenols is 1. The fraction of sp³-hybridized carbons (Fsp3) is 0.417. The summed E-state index contributed by atoms with van der Waals surface area (Å²) >= 11 is 0. The van der Waals surface area contributed by atoms with Crippen LogP contribution in [-0.4, -0.2) is 63.1 Å². The normalized spacial score (nSPS) is 18.9. The molecule has 306 valence electrons. The van der Waals surface area contributed by atoms with Gasteiger partial charge >= 0.3 is 6.09 Å². The van der Waals surface area contributed by atoms with E-state index in [-0.39, 0.29) is 23.3 Å². The number of H-pyrrole nitrogens is 1. The van der Waals surface area contributed by atoms with Gasteiger partial charge in [-0.25, -0.2) is 4.79 Å². The number of phenolic OH excluding ortho intramolecular Hbond substituents is 1. The van der Waals surface area contributed by atoms with Crippen LogP contribution in [0.2, 0.25) is 0 Å². The molecule has 0 spiro atoms. The number of hydrogen-bond acceptors (Lipinski definition) is 7. The lowest BCUT2D eigenvalue weighted by Crippen LogP contribution is -2.47. The van der Waals surface area contributed by atoms with E-state index in [4.69, 9.17) is 4.74 Å². The van der Waals surface area contributed by atoms with Gasteiger partial charge < -0.3 is 30.4 Å². The van der Waals surface area contributed by atoms with Gasteiger partial charge in [-0.2, -0.15) is 0 Å². The van der Waals surface area contributed by atoms with Crippen molar-refractivity contribution in [3.8, 4) is 11.5 Å². The molecule has 7 rings (SSSR count). The number of unbranched alkanes of at least 4 members (excludes halogenated alkanes) is 6. The van der Waals surface area contributed by atoms with Gasteiger partial charge in [-0.3, -0.25) is 14.6 Å². The molecule has 1 aromatic heterocycles. The van der Waals surface area contributed by atoms with Gasteiger partial charge in [0.15, 0.2) is 0 Å². The van der Waals surface area contributed by atoms with Crippen molar-refractivity contribution in [2.75, 3.05) is 24.6 Å². The topological polar surface area (TPSA) is 138 Å². The van der Waals surface area contributed by atoms with Gasteiger partial charge in [0.05, 0.1) is 30.0 Å². The number of nitrogens with one attached hydrogen (secondary N) is 2. The number of aliphatic hydroxyl groups is 1. The molecule has 0 aliphatic carbocycles. The molecule has 2 bridgehead atoms. The number of pyridine rings is 1. The van der Waals surface area contributed by atoms with Crippen LogP contribution in [0.1, 0.15) is 99.5 Å². The van der Waals surface area contributed by atoms with Crippen molar-refractivity contribution in [3.63, 3.8) is 0 Å². The molecule has 2 aliphatic rings. The summed E-state index contributed by atoms with van der Waals surface area (Å²) in [6.07, 6.45) is 10.1. The zero-order chi connectivity index (χ0) is 40.3. The number of rotatable bonds is 20. The van der Waals surface area contributed by atoms with E-state index in [1.165, 1.54) is 17.7 Å². The molecule has 5 N–H and O–H groups in total. The van der Waals surface area contributed by atoms with Gasteiger partial charge in [0.1, 0.15) is 11.5 Å². The minimum Gasteiger partial charge on any atom is -0.506 e. The largest absolute Gasteiger partial charge is 0.506 e. The first kappa shape index (κ1) is 41.0. The first-order chi connectivity index (χ1) is 28.4. The molecule has 1 amide bonds. The minimum atomic E-state index is -0.944. The number of aromatic amines is 1. The van der Waals surface area contributed by atoms with E-state index >= 15 is 0 Å². The van der Waals surface area contributed by atoms with Crippen molar-refractivity contribution in [1.29, 1.82) is 0 Å². The lowest BCUT2D eigenvalue weighted by atomic mass is 9.80. The summed E-state index contributed by atoms with van der Waals surface area (Å²) in [5.74, 6) is 0.878. The number of ether oxygens (including phenoxy) is 1. The summed E-state index contributed by atoms with van der Waals surface area (Å²) in [4.78, 5) is 31.8. The number of fused-ring (bicyclic) bond motifs is 3. The van der Waals surface area contributed by atoms with Crippen LogP contribution in [0, 0.1) is 5.92 Å². The molecule has 4 atom stereocenters. The Morgan fingerprint density at radius 3 is 2.24 bits per heavy atom. The maximum Gasteiger partial charge on any atom is 0.412 e. The van der Waals surface area contributed by atoms with Crippen LogP contribution in [0.5, 0.6) is 11.5 Å². The van der Waals surface area contributed by atoms with Gasteiger partial charge in [-0.05, 0) is 91.9 Å². The second kappa shape index (κ2) is 20.0. The van der Waals surface area contributed by atoms with Crippen LogP contribution in [0.25, 0.3) is 10.9 Å². The van der Waals surface area contributed by atoms with Crippen molar-refractivity contribution in [1.82, 2.24) is 15.2 Å². The highest BCUT2D eigenvalue weighted by molar-refractivity contribution is 5.88. The smallest absolute Gasteiger partial charge is 0.412 e. The highest BCUT2D eigenvalue weighted by Gasteiger charge is 2.45. The van der Waals surface area contributed by atoms with Crippen LogP contribution in [0.4, 0.5) is 10.5 Å². The summed E-state index contributed by atoms with van der Waals surface area (Å²) in [6, 6.07) is 35.3. The Balaban J connectivity index is 0.842. The fourth-order valence-corrected chi connectivity index (χ4v) is 9.35. The molecule has 10 heteroatoms. The Labute approximate surface area is 341 Å². The van der Waals surface area contributed by atoms with Crippen molar-refractivity contribution >= 4 is 22.7 Å². The average molecular weight is 787 g/mol. The van der Waals surface area contributed by atoms with Gasteiger partial charge in [0, 0.05) is 42.7 Å². The molecule has 5 aromatic rings. The summed E-state index contributed by atoms with van der Waals surface area (Å²) < 4.78 is 6.20. The number of amides is 1. The van der Waals surface area contributed by atoms with E-state index in [1.54, 1.807) is 17.0 Å². The van der Waals surface area contributed by atoms with E-state index in [9.17, 15) is 24.9 Å². The molecule has 2 aliphatic heterocycles. The zero-order valence-corrected chi connectivity index (χ0v) is 33.3. The van der Waals surface area contributed by atoms with Crippen LogP contribution in [-0.2, 0) is 6.54 Å². The number of aliphatic hydroxyl groups excluding tert-OH is 1. The number of carboxylic acid groups (broad SMARTS) is 1. The summed E-state index contributed by atoms with van der Waals surface area (Å²) in [7, 11) is 0. The van der Waals surface area contributed by atoms with Crippen LogP contribution < -0.4 is 20.5 Å². The van der Waals surface area contributed by atoms with Crippen molar-refractivity contribution in [2.24, 2.45) is 5.92 Å². The van der Waals surface area contributed by atoms with Gasteiger partial charge in [-0.1, -0.05) is 105 Å². The standard InChI is InChI=1S/C48H58N4O6/c53-43-25-23-41(42-24-26-45(55)50-46(42)43)44(54)32-49-27-12-4-2-1-3-5-13-28-58-40-20-14-19-39(31-40)52(48(56)57)47(35-17-10-7-11-18-35)36-29-37-21-22-38(30-36)51(37)33-34-15-8-6-9-16-34/h6-11,14-20,23-26,31,36-38,44,47,49,53-54H,1-5,12-13,21-22,27-30,32-33H2,(H,50,55)(H,56,57)/t36?,37?,38?,44-,47?/m0/s1. The van der Waals surface area contributed by atoms with E-state index < -0.39 is 12.2 Å². The first-order valence-corrected chi connectivity index (χ1v) is 21.2. The van der Waals surface area contributed by atoms with Gasteiger partial charge in [-0.15, -0.1) is 0 Å².